The molecular weight excluding hydrogens is 439 g/mol. The molecule has 1 aliphatic rings. The van der Waals surface area contributed by atoms with Crippen LogP contribution in [0.5, 0.6) is 0 Å². The zero-order chi connectivity index (χ0) is 23.2. The number of hydrogen-bond acceptors (Lipinski definition) is 4. The highest BCUT2D eigenvalue weighted by Gasteiger charge is 2.48. The van der Waals surface area contributed by atoms with Gasteiger partial charge in [0.05, 0.1) is 11.1 Å². The van der Waals surface area contributed by atoms with E-state index in [1.165, 1.54) is 11.3 Å². The Morgan fingerprint density at radius 1 is 0.969 bits per heavy atom. The van der Waals surface area contributed by atoms with E-state index in [1.54, 1.807) is 29.6 Å². The lowest BCUT2D eigenvalue weighted by Crippen LogP contribution is -2.29. The summed E-state index contributed by atoms with van der Waals surface area (Å²) >= 11 is 1.30. The molecular formula is C24H18F3NO3S. The average molecular weight is 457 g/mol. The zero-order valence-electron chi connectivity index (χ0n) is 17.1. The summed E-state index contributed by atoms with van der Waals surface area (Å²) in [4.78, 5) is 27.9. The Hall–Kier alpha value is -3.39. The predicted molar refractivity (Wildman–Crippen MR) is 116 cm³/mol. The molecule has 1 saturated heterocycles. The fraction of sp³-hybridized carbons (Fsp3) is 0.167. The molecule has 1 unspecified atom stereocenters. The summed E-state index contributed by atoms with van der Waals surface area (Å²) in [6.45, 7) is 3.69. The largest absolute Gasteiger partial charge is 0.507 e. The second kappa shape index (κ2) is 7.94. The van der Waals surface area contributed by atoms with E-state index in [2.05, 4.69) is 0 Å². The van der Waals surface area contributed by atoms with Crippen LogP contribution in [0.25, 0.3) is 5.76 Å². The van der Waals surface area contributed by atoms with Crippen molar-refractivity contribution in [2.24, 2.45) is 0 Å². The Bertz CT molecular complexity index is 1220. The molecule has 4 nitrogen and oxygen atoms in total. The molecule has 164 valence electrons. The maximum atomic E-state index is 13.0. The fourth-order valence-electron chi connectivity index (χ4n) is 3.69. The Morgan fingerprint density at radius 2 is 1.59 bits per heavy atom. The first-order valence-electron chi connectivity index (χ1n) is 9.69. The average Bonchev–Trinajstić information content (AvgIpc) is 3.28. The normalized spacial score (nSPS) is 18.4. The fourth-order valence-corrected chi connectivity index (χ4v) is 4.71. The standard InChI is InChI=1S/C24H18F3NO3S/c1-13-3-5-15(6-4-13)20(29)18-19(22-14(2)11-12-32-22)28(23(31)21(18)30)17-9-7-16(8-10-17)24(25,26)27/h3-12,19,29H,1-2H3/b20-18-. The molecule has 2 aromatic carbocycles. The lowest BCUT2D eigenvalue weighted by molar-refractivity contribution is -0.137. The maximum Gasteiger partial charge on any atom is 0.416 e. The van der Waals surface area contributed by atoms with Gasteiger partial charge in [-0.25, -0.2) is 0 Å². The van der Waals surface area contributed by atoms with Crippen LogP contribution >= 0.6 is 11.3 Å². The number of hydrogen-bond donors (Lipinski definition) is 1. The number of carbonyl (C=O) groups is 2. The smallest absolute Gasteiger partial charge is 0.416 e. The van der Waals surface area contributed by atoms with Crippen LogP contribution in [0, 0.1) is 13.8 Å². The van der Waals surface area contributed by atoms with Crippen molar-refractivity contribution >= 4 is 34.5 Å². The first kappa shape index (κ1) is 21.8. The third kappa shape index (κ3) is 3.71. The number of nitrogens with zero attached hydrogens (tertiary/aromatic N) is 1. The minimum atomic E-state index is -4.53. The molecule has 1 amide bonds. The molecule has 0 radical (unpaired) electrons. The first-order valence-corrected chi connectivity index (χ1v) is 10.6. The van der Waals surface area contributed by atoms with Gasteiger partial charge in [0.2, 0.25) is 0 Å². The van der Waals surface area contributed by atoms with Crippen molar-refractivity contribution in [3.8, 4) is 0 Å². The summed E-state index contributed by atoms with van der Waals surface area (Å²) in [5.41, 5.74) is 1.32. The lowest BCUT2D eigenvalue weighted by atomic mass is 9.98. The summed E-state index contributed by atoms with van der Waals surface area (Å²) in [6.07, 6.45) is -4.53. The van der Waals surface area contributed by atoms with Crippen molar-refractivity contribution in [1.29, 1.82) is 0 Å². The van der Waals surface area contributed by atoms with Crippen LogP contribution in [0.4, 0.5) is 18.9 Å². The number of aliphatic hydroxyl groups is 1. The van der Waals surface area contributed by atoms with E-state index >= 15 is 0 Å². The van der Waals surface area contributed by atoms with Crippen LogP contribution in [0.3, 0.4) is 0 Å². The number of Topliss-reactive ketones (excluding diaryl/α,β-unsaturated/α-hetero) is 1. The van der Waals surface area contributed by atoms with Gasteiger partial charge in [0.25, 0.3) is 11.7 Å². The summed E-state index contributed by atoms with van der Waals surface area (Å²) in [5.74, 6) is -2.12. The van der Waals surface area contributed by atoms with Crippen molar-refractivity contribution in [2.45, 2.75) is 26.1 Å². The number of benzene rings is 2. The van der Waals surface area contributed by atoms with Crippen molar-refractivity contribution in [3.05, 3.63) is 92.7 Å². The number of halogens is 3. The molecule has 2 heterocycles. The zero-order valence-corrected chi connectivity index (χ0v) is 17.9. The van der Waals surface area contributed by atoms with Gasteiger partial charge in [-0.15, -0.1) is 11.3 Å². The van der Waals surface area contributed by atoms with Gasteiger partial charge in [0, 0.05) is 16.1 Å². The van der Waals surface area contributed by atoms with Gasteiger partial charge >= 0.3 is 6.18 Å². The van der Waals surface area contributed by atoms with Crippen LogP contribution in [0.15, 0.2) is 65.6 Å². The molecule has 3 aromatic rings. The highest BCUT2D eigenvalue weighted by atomic mass is 32.1. The van der Waals surface area contributed by atoms with Crippen LogP contribution in [0.2, 0.25) is 0 Å². The quantitative estimate of drug-likeness (QED) is 0.298. The Morgan fingerprint density at radius 3 is 2.12 bits per heavy atom. The van der Waals surface area contributed by atoms with Gasteiger partial charge in [-0.05, 0) is 55.1 Å². The number of anilines is 1. The van der Waals surface area contributed by atoms with Crippen molar-refractivity contribution in [2.75, 3.05) is 4.90 Å². The molecule has 0 aliphatic carbocycles. The van der Waals surface area contributed by atoms with Crippen molar-refractivity contribution < 1.29 is 27.9 Å². The number of thiophene rings is 1. The van der Waals surface area contributed by atoms with Gasteiger partial charge in [-0.2, -0.15) is 13.2 Å². The number of ketones is 1. The number of aryl methyl sites for hydroxylation is 2. The van der Waals surface area contributed by atoms with E-state index in [4.69, 9.17) is 0 Å². The monoisotopic (exact) mass is 457 g/mol. The van der Waals surface area contributed by atoms with Crippen LogP contribution in [-0.4, -0.2) is 16.8 Å². The molecule has 1 aliphatic heterocycles. The van der Waals surface area contributed by atoms with Crippen LogP contribution in [0.1, 0.15) is 33.2 Å². The van der Waals surface area contributed by atoms with E-state index in [1.807, 2.05) is 19.9 Å². The highest BCUT2D eigenvalue weighted by molar-refractivity contribution is 7.10. The molecule has 1 aromatic heterocycles. The summed E-state index contributed by atoms with van der Waals surface area (Å²) < 4.78 is 39.0. The molecule has 8 heteroatoms. The molecule has 1 atom stereocenters. The van der Waals surface area contributed by atoms with E-state index in [9.17, 15) is 27.9 Å². The van der Waals surface area contributed by atoms with E-state index in [0.717, 1.165) is 40.3 Å². The maximum absolute atomic E-state index is 13.0. The second-order valence-electron chi connectivity index (χ2n) is 7.55. The molecule has 32 heavy (non-hydrogen) atoms. The van der Waals surface area contributed by atoms with E-state index < -0.39 is 29.5 Å². The minimum absolute atomic E-state index is 0.0932. The third-order valence-electron chi connectivity index (χ3n) is 5.39. The minimum Gasteiger partial charge on any atom is -0.507 e. The summed E-state index contributed by atoms with van der Waals surface area (Å²) in [7, 11) is 0. The molecule has 1 N–H and O–H groups in total. The number of alkyl halides is 3. The second-order valence-corrected chi connectivity index (χ2v) is 8.50. The summed E-state index contributed by atoms with van der Waals surface area (Å²) in [5, 5.41) is 12.8. The lowest BCUT2D eigenvalue weighted by Gasteiger charge is -2.25. The molecule has 0 spiro atoms. The van der Waals surface area contributed by atoms with Crippen molar-refractivity contribution in [1.82, 2.24) is 0 Å². The SMILES string of the molecule is Cc1ccc(/C(O)=C2/C(=O)C(=O)N(c3ccc(C(F)(F)F)cc3)C2c2sccc2C)cc1. The highest BCUT2D eigenvalue weighted by Crippen LogP contribution is 2.45. The van der Waals surface area contributed by atoms with Gasteiger partial charge in [0.15, 0.2) is 0 Å². The van der Waals surface area contributed by atoms with Crippen LogP contribution < -0.4 is 4.90 Å². The van der Waals surface area contributed by atoms with Gasteiger partial charge < -0.3 is 5.11 Å². The number of rotatable bonds is 3. The van der Waals surface area contributed by atoms with E-state index in [-0.39, 0.29) is 17.0 Å². The van der Waals surface area contributed by atoms with Gasteiger partial charge in [-0.1, -0.05) is 29.8 Å². The predicted octanol–water partition coefficient (Wildman–Crippen LogP) is 6.01. The third-order valence-corrected chi connectivity index (χ3v) is 6.46. The Kier molecular flexibility index (Phi) is 5.42. The Balaban J connectivity index is 1.90. The van der Waals surface area contributed by atoms with Gasteiger partial charge in [-0.3, -0.25) is 14.5 Å². The topological polar surface area (TPSA) is 57.6 Å². The molecule has 0 bridgehead atoms. The number of amides is 1. The molecule has 0 saturated carbocycles. The van der Waals surface area contributed by atoms with Crippen molar-refractivity contribution in [3.63, 3.8) is 0 Å². The van der Waals surface area contributed by atoms with Gasteiger partial charge in [0.1, 0.15) is 11.8 Å². The number of aliphatic hydroxyl groups excluding tert-OH is 1. The number of carbonyl (C=O) groups excluding carboxylic acids is 2. The summed E-state index contributed by atoms with van der Waals surface area (Å²) in [6, 6.07) is 11.8. The molecule has 4 rings (SSSR count). The Labute approximate surface area is 186 Å². The van der Waals surface area contributed by atoms with Crippen LogP contribution in [-0.2, 0) is 15.8 Å². The molecule has 1 fully saturated rings. The first-order chi connectivity index (χ1) is 15.1. The van der Waals surface area contributed by atoms with E-state index in [0.29, 0.717) is 10.4 Å².